The molecule has 0 aliphatic heterocycles. The Morgan fingerprint density at radius 2 is 1.73 bits per heavy atom. The van der Waals surface area contributed by atoms with Crippen LogP contribution in [0.15, 0.2) is 0 Å². The van der Waals surface area contributed by atoms with E-state index >= 15 is 0 Å². The summed E-state index contributed by atoms with van der Waals surface area (Å²) in [7, 11) is 0. The van der Waals surface area contributed by atoms with Crippen LogP contribution in [0.4, 0.5) is 0 Å². The van der Waals surface area contributed by atoms with Crippen LogP contribution in [0.25, 0.3) is 0 Å². The molecule has 0 saturated carbocycles. The Hall–Kier alpha value is -0.0800. The van der Waals surface area contributed by atoms with E-state index < -0.39 is 0 Å². The lowest BCUT2D eigenvalue weighted by Gasteiger charge is -2.30. The number of hydrogen-bond acceptors (Lipinski definition) is 1. The second-order valence-electron chi connectivity index (χ2n) is 3.50. The van der Waals surface area contributed by atoms with Crippen molar-refractivity contribution in [1.29, 1.82) is 0 Å². The van der Waals surface area contributed by atoms with Crippen LogP contribution in [0.1, 0.15) is 34.6 Å². The maximum Gasteiger partial charge on any atom is 0.256 e. The summed E-state index contributed by atoms with van der Waals surface area (Å²) in [5.41, 5.74) is 0.143. The van der Waals surface area contributed by atoms with Crippen LogP contribution in [0.5, 0.6) is 0 Å². The van der Waals surface area contributed by atoms with Crippen LogP contribution in [0.3, 0.4) is 0 Å². The Balaban J connectivity index is 3.76. The molecule has 0 aliphatic rings. The van der Waals surface area contributed by atoms with E-state index in [-0.39, 0.29) is 5.60 Å². The molecule has 0 N–H and O–H groups in total. The van der Waals surface area contributed by atoms with E-state index in [2.05, 4.69) is 32.1 Å². The van der Waals surface area contributed by atoms with Gasteiger partial charge < -0.3 is 9.10 Å². The predicted molar refractivity (Wildman–Crippen MR) is 47.9 cm³/mol. The van der Waals surface area contributed by atoms with Gasteiger partial charge in [-0.1, -0.05) is 0 Å². The van der Waals surface area contributed by atoms with Crippen LogP contribution < -0.4 is 0 Å². The Morgan fingerprint density at radius 3 is 2.00 bits per heavy atom. The minimum Gasteiger partial charge on any atom is -0.397 e. The summed E-state index contributed by atoms with van der Waals surface area (Å²) >= 11 is 0. The van der Waals surface area contributed by atoms with E-state index in [0.717, 1.165) is 13.2 Å². The summed E-state index contributed by atoms with van der Waals surface area (Å²) < 4.78 is 8.41. The molecule has 11 heavy (non-hydrogen) atoms. The molecule has 0 radical (unpaired) electrons. The van der Waals surface area contributed by atoms with Crippen molar-refractivity contribution in [2.75, 3.05) is 20.0 Å². The molecule has 0 unspecified atom stereocenters. The van der Waals surface area contributed by atoms with E-state index in [1.54, 1.807) is 0 Å². The highest BCUT2D eigenvalue weighted by Gasteiger charge is 2.25. The second-order valence-corrected chi connectivity index (χ2v) is 3.50. The Labute approximate surface area is 70.2 Å². The molecule has 0 aromatic rings. The predicted octanol–water partition coefficient (Wildman–Crippen LogP) is 2.35. The van der Waals surface area contributed by atoms with E-state index in [9.17, 15) is 0 Å². The van der Waals surface area contributed by atoms with Crippen molar-refractivity contribution in [3.05, 3.63) is 0 Å². The lowest BCUT2D eigenvalue weighted by atomic mass is 10.2. The monoisotopic (exact) mass is 161 g/mol. The van der Waals surface area contributed by atoms with Crippen molar-refractivity contribution in [2.45, 2.75) is 40.2 Å². The first kappa shape index (κ1) is 10.9. The van der Waals surface area contributed by atoms with E-state index in [1.807, 2.05) is 6.92 Å². The topological polar surface area (TPSA) is 11.9 Å². The molecule has 0 heterocycles. The van der Waals surface area contributed by atoms with Crippen LogP contribution in [0.2, 0.25) is 0 Å². The van der Waals surface area contributed by atoms with Gasteiger partial charge in [-0.3, -0.25) is 0 Å². The van der Waals surface area contributed by atoms with Crippen molar-refractivity contribution < 1.29 is 9.10 Å². The highest BCUT2D eigenvalue weighted by Crippen LogP contribution is 2.17. The first-order chi connectivity index (χ1) is 5.02. The highest BCUT2D eigenvalue weighted by molar-refractivity contribution is 4.62. The van der Waals surface area contributed by atoms with E-state index in [0.29, 0.717) is 6.79 Å². The van der Waals surface area contributed by atoms with Gasteiger partial charge in [-0.15, -0.1) is 0 Å². The normalized spacial score (nSPS) is 12.5. The maximum atomic E-state index is 5.30. The molecule has 0 spiro atoms. The zero-order valence-corrected chi connectivity index (χ0v) is 8.44. The van der Waals surface area contributed by atoms with Gasteiger partial charge in [0.05, 0.1) is 6.61 Å². The van der Waals surface area contributed by atoms with Gasteiger partial charge in [-0.2, -0.15) is 0 Å². The molecule has 0 amide bonds. The minimum atomic E-state index is 0.143. The van der Waals surface area contributed by atoms with E-state index in [1.165, 1.54) is 0 Å². The van der Waals surface area contributed by atoms with Crippen LogP contribution >= 0.6 is 0 Å². The third kappa shape index (κ3) is 4.38. The molecule has 2 heteroatoms. The fourth-order valence-corrected chi connectivity index (χ4v) is 0.877. The highest BCUT2D eigenvalue weighted by atomic mass is 16.8. The summed E-state index contributed by atoms with van der Waals surface area (Å²) in [6.45, 7) is 13.0. The number of rotatable bonds is 4. The van der Waals surface area contributed by atoms with Crippen molar-refractivity contribution in [1.82, 2.24) is 0 Å². The molecule has 0 saturated heterocycles. The summed E-state index contributed by atoms with van der Waals surface area (Å²) in [6, 6.07) is 0. The van der Waals surface area contributed by atoms with E-state index in [4.69, 9.17) is 4.74 Å². The zero-order valence-electron chi connectivity index (χ0n) is 8.44. The van der Waals surface area contributed by atoms with Crippen LogP contribution in [0, 0.1) is 0 Å². The largest absolute Gasteiger partial charge is 0.397 e. The van der Waals surface area contributed by atoms with Crippen LogP contribution in [-0.2, 0) is 9.10 Å². The van der Waals surface area contributed by atoms with Gasteiger partial charge in [0.1, 0.15) is 6.61 Å². The fraction of sp³-hybridized carbons (Fsp3) is 1.00. The van der Waals surface area contributed by atoms with Gasteiger partial charge in [0, 0.05) is 27.7 Å². The van der Waals surface area contributed by atoms with Crippen molar-refractivity contribution in [2.24, 2.45) is 0 Å². The minimum absolute atomic E-state index is 0.143. The average Bonchev–Trinajstić information content (AvgIpc) is 1.87. The molecular weight excluding hydrogens is 140 g/mol. The van der Waals surface area contributed by atoms with Gasteiger partial charge in [-0.25, -0.2) is 0 Å². The number of hydrogen-bond donors (Lipinski definition) is 0. The Morgan fingerprint density at radius 1 is 1.18 bits per heavy atom. The first-order valence-electron chi connectivity index (χ1n) is 4.27. The summed E-state index contributed by atoms with van der Waals surface area (Å²) in [5.74, 6) is 0. The van der Waals surface area contributed by atoms with Crippen molar-refractivity contribution in [3.8, 4) is 0 Å². The molecular formula is C9H21O2+. The lowest BCUT2D eigenvalue weighted by molar-refractivity contribution is -0.289. The smallest absolute Gasteiger partial charge is 0.256 e. The second kappa shape index (κ2) is 4.73. The lowest BCUT2D eigenvalue weighted by Crippen LogP contribution is -2.35. The maximum absolute atomic E-state index is 5.30. The quantitative estimate of drug-likeness (QED) is 0.455. The van der Waals surface area contributed by atoms with Gasteiger partial charge in [0.2, 0.25) is 0 Å². The fourth-order valence-electron chi connectivity index (χ4n) is 0.877. The molecule has 0 aromatic heterocycles. The molecule has 0 bridgehead atoms. The van der Waals surface area contributed by atoms with Gasteiger partial charge >= 0.3 is 0 Å². The van der Waals surface area contributed by atoms with Gasteiger partial charge in [-0.05, 0) is 6.92 Å². The standard InChI is InChI=1S/C9H21O2/c1-6-10-8-11(7-2)9(3,4)5/h6-8H2,1-5H3/q+1. The Kier molecular flexibility index (Phi) is 4.69. The molecule has 0 aromatic carbocycles. The van der Waals surface area contributed by atoms with Gasteiger partial charge in [0.25, 0.3) is 6.79 Å². The molecule has 68 valence electrons. The summed E-state index contributed by atoms with van der Waals surface area (Å²) in [4.78, 5) is 0. The third-order valence-electron chi connectivity index (χ3n) is 1.64. The average molecular weight is 161 g/mol. The molecule has 0 fully saturated rings. The van der Waals surface area contributed by atoms with Crippen LogP contribution in [-0.4, -0.2) is 25.6 Å². The molecule has 2 nitrogen and oxygen atoms in total. The van der Waals surface area contributed by atoms with Crippen molar-refractivity contribution in [3.63, 3.8) is 0 Å². The first-order valence-corrected chi connectivity index (χ1v) is 4.27. The SMILES string of the molecule is CCOC[O+](CC)C(C)(C)C. The Bertz CT molecular complexity index is 94.2. The summed E-state index contributed by atoms with van der Waals surface area (Å²) in [5, 5.41) is 0. The summed E-state index contributed by atoms with van der Waals surface area (Å²) in [6.07, 6.45) is 0. The molecule has 0 atom stereocenters. The van der Waals surface area contributed by atoms with Gasteiger partial charge in [0.15, 0.2) is 5.60 Å². The molecule has 0 aliphatic carbocycles. The number of ether oxygens (including phenoxy) is 1. The molecule has 0 rings (SSSR count). The zero-order chi connectivity index (χ0) is 8.91. The van der Waals surface area contributed by atoms with Crippen molar-refractivity contribution >= 4 is 0 Å². The third-order valence-corrected chi connectivity index (χ3v) is 1.64.